The predicted octanol–water partition coefficient (Wildman–Crippen LogP) is 4.20. The molecule has 0 aliphatic carbocycles. The van der Waals surface area contributed by atoms with E-state index in [0.717, 1.165) is 0 Å². The van der Waals surface area contributed by atoms with Crippen LogP contribution in [0.3, 0.4) is 0 Å². The van der Waals surface area contributed by atoms with Gasteiger partial charge in [0.2, 0.25) is 0 Å². The summed E-state index contributed by atoms with van der Waals surface area (Å²) in [6.07, 6.45) is 0.137. The van der Waals surface area contributed by atoms with Gasteiger partial charge >= 0.3 is 0 Å². The molecule has 2 aromatic rings. The normalized spacial score (nSPS) is 13.9. The highest BCUT2D eigenvalue weighted by Gasteiger charge is 2.13. The van der Waals surface area contributed by atoms with Crippen LogP contribution in [-0.2, 0) is 22.7 Å². The van der Waals surface area contributed by atoms with E-state index < -0.39 is 0 Å². The van der Waals surface area contributed by atoms with Gasteiger partial charge in [0.15, 0.2) is 0 Å². The van der Waals surface area contributed by atoms with Crippen molar-refractivity contribution < 1.29 is 9.47 Å². The molecule has 0 fully saturated rings. The van der Waals surface area contributed by atoms with Crippen LogP contribution in [0.5, 0.6) is 0 Å². The molecule has 2 rings (SSSR count). The first-order valence-corrected chi connectivity index (χ1v) is 7.07. The van der Waals surface area contributed by atoms with Crippen LogP contribution in [0.2, 0.25) is 0 Å². The Morgan fingerprint density at radius 2 is 1.00 bits per heavy atom. The Morgan fingerprint density at radius 3 is 1.35 bits per heavy atom. The Hall–Kier alpha value is -1.64. The van der Waals surface area contributed by atoms with Crippen LogP contribution in [0, 0.1) is 0 Å². The molecule has 2 atom stereocenters. The molecule has 0 unspecified atom stereocenters. The average Bonchev–Trinajstić information content (AvgIpc) is 2.52. The predicted molar refractivity (Wildman–Crippen MR) is 81.4 cm³/mol. The van der Waals surface area contributed by atoms with E-state index in [2.05, 4.69) is 38.1 Å². The van der Waals surface area contributed by atoms with Crippen molar-refractivity contribution in [3.63, 3.8) is 0 Å². The van der Waals surface area contributed by atoms with Crippen molar-refractivity contribution >= 4 is 0 Å². The van der Waals surface area contributed by atoms with Gasteiger partial charge in [0, 0.05) is 0 Å². The summed E-state index contributed by atoms with van der Waals surface area (Å²) in [5, 5.41) is 0. The highest BCUT2D eigenvalue weighted by Crippen LogP contribution is 2.10. The summed E-state index contributed by atoms with van der Waals surface area (Å²) in [6, 6.07) is 20.4. The van der Waals surface area contributed by atoms with Crippen molar-refractivity contribution in [2.45, 2.75) is 39.3 Å². The molecule has 2 nitrogen and oxygen atoms in total. The number of rotatable bonds is 7. The van der Waals surface area contributed by atoms with Gasteiger partial charge in [-0.2, -0.15) is 0 Å². The molecular weight excluding hydrogens is 248 g/mol. The smallest absolute Gasteiger partial charge is 0.0810 e. The first-order chi connectivity index (χ1) is 9.75. The van der Waals surface area contributed by atoms with Gasteiger partial charge in [0.25, 0.3) is 0 Å². The van der Waals surface area contributed by atoms with Crippen molar-refractivity contribution in [1.82, 2.24) is 0 Å². The minimum absolute atomic E-state index is 0.0684. The molecule has 106 valence electrons. The minimum Gasteiger partial charge on any atom is -0.371 e. The Bertz CT molecular complexity index is 434. The SMILES string of the molecule is C[C@@H](OCc1ccccc1)[C@@H](C)OCc1ccccc1. The highest BCUT2D eigenvalue weighted by molar-refractivity contribution is 5.14. The zero-order valence-corrected chi connectivity index (χ0v) is 12.2. The number of hydrogen-bond acceptors (Lipinski definition) is 2. The number of ether oxygens (including phenoxy) is 2. The van der Waals surface area contributed by atoms with Gasteiger partial charge in [0.1, 0.15) is 0 Å². The summed E-state index contributed by atoms with van der Waals surface area (Å²) in [5.74, 6) is 0. The van der Waals surface area contributed by atoms with E-state index in [-0.39, 0.29) is 12.2 Å². The number of hydrogen-bond donors (Lipinski definition) is 0. The van der Waals surface area contributed by atoms with Crippen LogP contribution in [-0.4, -0.2) is 12.2 Å². The molecule has 0 aliphatic rings. The van der Waals surface area contributed by atoms with Crippen LogP contribution in [0.25, 0.3) is 0 Å². The largest absolute Gasteiger partial charge is 0.371 e. The molecule has 0 saturated heterocycles. The van der Waals surface area contributed by atoms with Crippen molar-refractivity contribution in [3.05, 3.63) is 71.8 Å². The van der Waals surface area contributed by atoms with E-state index in [0.29, 0.717) is 13.2 Å². The van der Waals surface area contributed by atoms with Crippen LogP contribution in [0.15, 0.2) is 60.7 Å². The summed E-state index contributed by atoms with van der Waals surface area (Å²) in [6.45, 7) is 5.36. The Kier molecular flexibility index (Phi) is 5.78. The molecular formula is C18H22O2. The van der Waals surface area contributed by atoms with Gasteiger partial charge in [-0.15, -0.1) is 0 Å². The molecule has 0 bridgehead atoms. The van der Waals surface area contributed by atoms with Crippen LogP contribution in [0.4, 0.5) is 0 Å². The fourth-order valence-corrected chi connectivity index (χ4v) is 1.87. The van der Waals surface area contributed by atoms with Crippen molar-refractivity contribution in [2.75, 3.05) is 0 Å². The van der Waals surface area contributed by atoms with Crippen LogP contribution >= 0.6 is 0 Å². The molecule has 0 heterocycles. The monoisotopic (exact) mass is 270 g/mol. The Balaban J connectivity index is 1.73. The quantitative estimate of drug-likeness (QED) is 0.751. The molecule has 0 aliphatic heterocycles. The van der Waals surface area contributed by atoms with Gasteiger partial charge in [-0.1, -0.05) is 60.7 Å². The molecule has 0 amide bonds. The van der Waals surface area contributed by atoms with E-state index in [9.17, 15) is 0 Å². The van der Waals surface area contributed by atoms with E-state index in [1.165, 1.54) is 11.1 Å². The summed E-state index contributed by atoms with van der Waals surface area (Å²) in [4.78, 5) is 0. The van der Waals surface area contributed by atoms with Gasteiger partial charge in [-0.05, 0) is 25.0 Å². The first-order valence-electron chi connectivity index (χ1n) is 7.07. The highest BCUT2D eigenvalue weighted by atomic mass is 16.5. The molecule has 2 aromatic carbocycles. The molecule has 20 heavy (non-hydrogen) atoms. The van der Waals surface area contributed by atoms with Gasteiger partial charge < -0.3 is 9.47 Å². The van der Waals surface area contributed by atoms with Crippen LogP contribution < -0.4 is 0 Å². The van der Waals surface area contributed by atoms with Gasteiger partial charge in [-0.3, -0.25) is 0 Å². The van der Waals surface area contributed by atoms with E-state index in [1.54, 1.807) is 0 Å². The number of benzene rings is 2. The minimum atomic E-state index is 0.0684. The lowest BCUT2D eigenvalue weighted by atomic mass is 10.2. The molecule has 0 saturated carbocycles. The lowest BCUT2D eigenvalue weighted by molar-refractivity contribution is -0.0686. The standard InChI is InChI=1S/C18H22O2/c1-15(19-13-17-9-5-3-6-10-17)16(2)20-14-18-11-7-4-8-12-18/h3-12,15-16H,13-14H2,1-2H3/t15-,16-/m1/s1. The second kappa shape index (κ2) is 7.83. The molecule has 0 spiro atoms. The fourth-order valence-electron chi connectivity index (χ4n) is 1.87. The second-order valence-electron chi connectivity index (χ2n) is 5.00. The lowest BCUT2D eigenvalue weighted by Gasteiger charge is -2.21. The van der Waals surface area contributed by atoms with Gasteiger partial charge in [0.05, 0.1) is 25.4 Å². The van der Waals surface area contributed by atoms with E-state index in [1.807, 2.05) is 36.4 Å². The molecule has 2 heteroatoms. The zero-order valence-electron chi connectivity index (χ0n) is 12.2. The van der Waals surface area contributed by atoms with Crippen LogP contribution in [0.1, 0.15) is 25.0 Å². The molecule has 0 N–H and O–H groups in total. The van der Waals surface area contributed by atoms with Crippen molar-refractivity contribution in [1.29, 1.82) is 0 Å². The van der Waals surface area contributed by atoms with Gasteiger partial charge in [-0.25, -0.2) is 0 Å². The molecule has 0 aromatic heterocycles. The maximum Gasteiger partial charge on any atom is 0.0810 e. The maximum absolute atomic E-state index is 5.85. The third kappa shape index (κ3) is 4.80. The van der Waals surface area contributed by atoms with Crippen molar-refractivity contribution in [3.8, 4) is 0 Å². The maximum atomic E-state index is 5.85. The zero-order chi connectivity index (χ0) is 14.2. The third-order valence-electron chi connectivity index (χ3n) is 3.37. The Morgan fingerprint density at radius 1 is 0.650 bits per heavy atom. The second-order valence-corrected chi connectivity index (χ2v) is 5.00. The lowest BCUT2D eigenvalue weighted by Crippen LogP contribution is -2.26. The van der Waals surface area contributed by atoms with Crippen molar-refractivity contribution in [2.24, 2.45) is 0 Å². The summed E-state index contributed by atoms with van der Waals surface area (Å²) >= 11 is 0. The summed E-state index contributed by atoms with van der Waals surface area (Å²) < 4.78 is 11.7. The molecule has 0 radical (unpaired) electrons. The fraction of sp³-hybridized carbons (Fsp3) is 0.333. The third-order valence-corrected chi connectivity index (χ3v) is 3.37. The van der Waals surface area contributed by atoms with E-state index in [4.69, 9.17) is 9.47 Å². The van der Waals surface area contributed by atoms with E-state index >= 15 is 0 Å². The Labute approximate surface area is 121 Å². The first kappa shape index (κ1) is 14.8. The summed E-state index contributed by atoms with van der Waals surface area (Å²) in [7, 11) is 0. The summed E-state index contributed by atoms with van der Waals surface area (Å²) in [5.41, 5.74) is 2.38. The topological polar surface area (TPSA) is 18.5 Å². The average molecular weight is 270 g/mol.